The van der Waals surface area contributed by atoms with Crippen LogP contribution in [0.1, 0.15) is 64.9 Å². The zero-order valence-electron chi connectivity index (χ0n) is 20.0. The summed E-state index contributed by atoms with van der Waals surface area (Å²) in [6.07, 6.45) is 0.0560. The van der Waals surface area contributed by atoms with E-state index in [1.54, 1.807) is 0 Å². The number of carbonyl (C=O) groups is 1. The molecule has 2 aromatic rings. The zero-order valence-corrected chi connectivity index (χ0v) is 20.0. The number of hydrogen-bond acceptors (Lipinski definition) is 5. The fraction of sp³-hybridized carbons (Fsp3) is 0.370. The van der Waals surface area contributed by atoms with Crippen LogP contribution in [0.2, 0.25) is 0 Å². The summed E-state index contributed by atoms with van der Waals surface area (Å²) < 4.78 is 5.58. The van der Waals surface area contributed by atoms with Crippen molar-refractivity contribution < 1.29 is 9.53 Å². The van der Waals surface area contributed by atoms with Gasteiger partial charge in [-0.3, -0.25) is 10.2 Å². The Morgan fingerprint density at radius 1 is 1.18 bits per heavy atom. The SMILES string of the molecule is CC(C(=N)c1cc(C(=O)N2CC(c3ccc(C#N)cc3)C2)c(C)cc1C)=C(N)COC(C)C. The summed E-state index contributed by atoms with van der Waals surface area (Å²) >= 11 is 0. The first-order valence-corrected chi connectivity index (χ1v) is 11.2. The molecule has 3 N–H and O–H groups in total. The van der Waals surface area contributed by atoms with Gasteiger partial charge in [-0.15, -0.1) is 0 Å². The molecule has 1 saturated heterocycles. The number of nitrogens with two attached hydrogens (primary N) is 1. The van der Waals surface area contributed by atoms with Crippen LogP contribution >= 0.6 is 0 Å². The Bertz CT molecular complexity index is 1130. The molecule has 1 aliphatic heterocycles. The van der Waals surface area contributed by atoms with Gasteiger partial charge in [-0.2, -0.15) is 5.26 Å². The van der Waals surface area contributed by atoms with E-state index in [0.717, 1.165) is 16.7 Å². The highest BCUT2D eigenvalue weighted by Gasteiger charge is 2.33. The normalized spacial score (nSPS) is 14.5. The lowest BCUT2D eigenvalue weighted by Crippen LogP contribution is -2.48. The molecule has 2 aromatic carbocycles. The van der Waals surface area contributed by atoms with Gasteiger partial charge in [0.15, 0.2) is 0 Å². The Kier molecular flexibility index (Phi) is 7.35. The third-order valence-corrected chi connectivity index (χ3v) is 6.18. The molecular weight excluding hydrogens is 412 g/mol. The number of allylic oxidation sites excluding steroid dienone is 1. The number of nitrogens with one attached hydrogen (secondary N) is 1. The Hall–Kier alpha value is -3.43. The molecule has 0 bridgehead atoms. The van der Waals surface area contributed by atoms with Gasteiger partial charge >= 0.3 is 0 Å². The number of aryl methyl sites for hydroxylation is 2. The monoisotopic (exact) mass is 444 g/mol. The number of ether oxygens (including phenoxy) is 1. The first kappa shape index (κ1) is 24.2. The highest BCUT2D eigenvalue weighted by atomic mass is 16.5. The highest BCUT2D eigenvalue weighted by Crippen LogP contribution is 2.30. The van der Waals surface area contributed by atoms with Gasteiger partial charge in [0.1, 0.15) is 0 Å². The number of rotatable bonds is 7. The summed E-state index contributed by atoms with van der Waals surface area (Å²) in [5.41, 5.74) is 12.6. The summed E-state index contributed by atoms with van der Waals surface area (Å²) in [4.78, 5) is 15.1. The van der Waals surface area contributed by atoms with Crippen LogP contribution in [-0.4, -0.2) is 42.3 Å². The molecule has 6 heteroatoms. The highest BCUT2D eigenvalue weighted by molar-refractivity contribution is 6.12. The van der Waals surface area contributed by atoms with E-state index in [2.05, 4.69) is 6.07 Å². The average molecular weight is 445 g/mol. The second-order valence-electron chi connectivity index (χ2n) is 9.01. The van der Waals surface area contributed by atoms with Gasteiger partial charge in [-0.25, -0.2) is 0 Å². The first-order chi connectivity index (χ1) is 15.6. The molecule has 1 heterocycles. The van der Waals surface area contributed by atoms with Crippen LogP contribution in [-0.2, 0) is 4.74 Å². The van der Waals surface area contributed by atoms with Crippen LogP contribution < -0.4 is 5.73 Å². The molecule has 1 aliphatic rings. The van der Waals surface area contributed by atoms with E-state index < -0.39 is 0 Å². The van der Waals surface area contributed by atoms with Gasteiger partial charge in [-0.05, 0) is 75.1 Å². The molecule has 0 aliphatic carbocycles. The van der Waals surface area contributed by atoms with Crippen LogP contribution in [0.15, 0.2) is 47.7 Å². The second-order valence-corrected chi connectivity index (χ2v) is 9.01. The maximum absolute atomic E-state index is 13.2. The van der Waals surface area contributed by atoms with Crippen molar-refractivity contribution in [3.8, 4) is 6.07 Å². The molecule has 0 atom stereocenters. The minimum atomic E-state index is -0.0239. The van der Waals surface area contributed by atoms with Gasteiger partial charge in [0, 0.05) is 35.8 Å². The summed E-state index contributed by atoms with van der Waals surface area (Å²) in [7, 11) is 0. The Morgan fingerprint density at radius 2 is 1.79 bits per heavy atom. The number of likely N-dealkylation sites (tertiary alicyclic amines) is 1. The van der Waals surface area contributed by atoms with Crippen molar-refractivity contribution in [2.45, 2.75) is 46.6 Å². The molecule has 172 valence electrons. The minimum Gasteiger partial charge on any atom is -0.400 e. The summed E-state index contributed by atoms with van der Waals surface area (Å²) in [6.45, 7) is 11.1. The number of nitrogens with zero attached hydrogens (tertiary/aromatic N) is 2. The topological polar surface area (TPSA) is 103 Å². The first-order valence-electron chi connectivity index (χ1n) is 11.2. The fourth-order valence-electron chi connectivity index (χ4n) is 3.93. The third kappa shape index (κ3) is 5.32. The van der Waals surface area contributed by atoms with Crippen molar-refractivity contribution in [1.29, 1.82) is 10.7 Å². The van der Waals surface area contributed by atoms with Crippen LogP contribution in [0, 0.1) is 30.6 Å². The Morgan fingerprint density at radius 3 is 2.36 bits per heavy atom. The minimum absolute atomic E-state index is 0.0239. The van der Waals surface area contributed by atoms with E-state index in [1.165, 1.54) is 0 Å². The predicted octanol–water partition coefficient (Wildman–Crippen LogP) is 4.44. The number of hydrogen-bond donors (Lipinski definition) is 2. The van der Waals surface area contributed by atoms with Gasteiger partial charge in [0.05, 0.1) is 30.1 Å². The average Bonchev–Trinajstić information content (AvgIpc) is 2.75. The molecule has 0 aromatic heterocycles. The molecule has 0 unspecified atom stereocenters. The van der Waals surface area contributed by atoms with Crippen molar-refractivity contribution in [2.75, 3.05) is 19.7 Å². The maximum Gasteiger partial charge on any atom is 0.254 e. The summed E-state index contributed by atoms with van der Waals surface area (Å²) in [5, 5.41) is 17.7. The van der Waals surface area contributed by atoms with Crippen LogP contribution in [0.4, 0.5) is 0 Å². The van der Waals surface area contributed by atoms with Gasteiger partial charge < -0.3 is 15.4 Å². The zero-order chi connectivity index (χ0) is 24.3. The van der Waals surface area contributed by atoms with Gasteiger partial charge in [0.25, 0.3) is 5.91 Å². The number of carbonyl (C=O) groups excluding carboxylic acids is 1. The summed E-state index contributed by atoms with van der Waals surface area (Å²) in [5.74, 6) is 0.250. The van der Waals surface area contributed by atoms with Crippen molar-refractivity contribution in [1.82, 2.24) is 4.90 Å². The van der Waals surface area contributed by atoms with Crippen LogP contribution in [0.25, 0.3) is 0 Å². The number of benzene rings is 2. The van der Waals surface area contributed by atoms with Crippen molar-refractivity contribution in [2.24, 2.45) is 5.73 Å². The molecule has 1 fully saturated rings. The van der Waals surface area contributed by atoms with E-state index in [4.69, 9.17) is 21.1 Å². The van der Waals surface area contributed by atoms with Crippen molar-refractivity contribution in [3.05, 3.63) is 81.0 Å². The molecule has 0 saturated carbocycles. The predicted molar refractivity (Wildman–Crippen MR) is 131 cm³/mol. The second kappa shape index (κ2) is 10.0. The van der Waals surface area contributed by atoms with E-state index in [0.29, 0.717) is 46.8 Å². The Balaban J connectivity index is 1.77. The van der Waals surface area contributed by atoms with Crippen LogP contribution in [0.3, 0.4) is 0 Å². The third-order valence-electron chi connectivity index (χ3n) is 6.18. The maximum atomic E-state index is 13.2. The lowest BCUT2D eigenvalue weighted by atomic mass is 9.89. The lowest BCUT2D eigenvalue weighted by molar-refractivity contribution is 0.0601. The van der Waals surface area contributed by atoms with E-state index in [9.17, 15) is 4.79 Å². The van der Waals surface area contributed by atoms with E-state index in [1.807, 2.05) is 75.9 Å². The molecule has 1 amide bonds. The number of amides is 1. The standard InChI is InChI=1S/C27H32N4O2/c1-16(2)33-15-25(29)19(5)26(30)23-11-24(18(4)10-17(23)3)27(32)31-13-22(14-31)21-8-6-20(12-28)7-9-21/h6-11,16,22,30H,13-15,29H2,1-5H3. The molecule has 0 radical (unpaired) electrons. The van der Waals surface area contributed by atoms with Crippen molar-refractivity contribution in [3.63, 3.8) is 0 Å². The largest absolute Gasteiger partial charge is 0.400 e. The van der Waals surface area contributed by atoms with Gasteiger partial charge in [0.2, 0.25) is 0 Å². The Labute approximate surface area is 196 Å². The van der Waals surface area contributed by atoms with Gasteiger partial charge in [-0.1, -0.05) is 18.2 Å². The molecule has 3 rings (SSSR count). The van der Waals surface area contributed by atoms with E-state index >= 15 is 0 Å². The molecule has 6 nitrogen and oxygen atoms in total. The van der Waals surface area contributed by atoms with Crippen molar-refractivity contribution >= 4 is 11.6 Å². The molecule has 33 heavy (non-hydrogen) atoms. The fourth-order valence-corrected chi connectivity index (χ4v) is 3.93. The number of nitriles is 1. The van der Waals surface area contributed by atoms with E-state index in [-0.39, 0.29) is 24.5 Å². The molecule has 0 spiro atoms. The quantitative estimate of drug-likeness (QED) is 0.616. The smallest absolute Gasteiger partial charge is 0.254 e. The van der Waals surface area contributed by atoms with Crippen LogP contribution in [0.5, 0.6) is 0 Å². The lowest BCUT2D eigenvalue weighted by Gasteiger charge is -2.40. The summed E-state index contributed by atoms with van der Waals surface area (Å²) in [6, 6.07) is 13.5. The molecular formula is C27H32N4O2.